The van der Waals surface area contributed by atoms with E-state index in [0.29, 0.717) is 17.7 Å². The maximum atomic E-state index is 12.8. The van der Waals surface area contributed by atoms with E-state index in [1.165, 1.54) is 18.2 Å². The molecule has 4 N–H and O–H groups in total. The van der Waals surface area contributed by atoms with Crippen LogP contribution in [0.15, 0.2) is 30.9 Å². The van der Waals surface area contributed by atoms with Crippen LogP contribution in [0.3, 0.4) is 0 Å². The Kier molecular flexibility index (Phi) is 3.03. The van der Waals surface area contributed by atoms with Gasteiger partial charge in [-0.3, -0.25) is 0 Å². The van der Waals surface area contributed by atoms with Gasteiger partial charge in [0, 0.05) is 11.7 Å². The second-order valence-corrected chi connectivity index (χ2v) is 2.90. The largest absolute Gasteiger partial charge is 0.398 e. The smallest absolute Gasteiger partial charge is 0.123 e. The van der Waals surface area contributed by atoms with Crippen LogP contribution in [0.4, 0.5) is 10.1 Å². The summed E-state index contributed by atoms with van der Waals surface area (Å²) in [5.74, 6) is -0.316. The zero-order valence-corrected chi connectivity index (χ0v) is 7.33. The highest BCUT2D eigenvalue weighted by Crippen LogP contribution is 2.21. The Labute approximate surface area is 77.0 Å². The number of benzene rings is 1. The molecule has 0 aliphatic rings. The molecule has 13 heavy (non-hydrogen) atoms. The molecule has 0 bridgehead atoms. The molecule has 3 heteroatoms. The molecule has 0 aliphatic carbocycles. The van der Waals surface area contributed by atoms with Gasteiger partial charge in [-0.25, -0.2) is 4.39 Å². The van der Waals surface area contributed by atoms with E-state index in [2.05, 4.69) is 6.58 Å². The van der Waals surface area contributed by atoms with Crippen molar-refractivity contribution in [2.75, 3.05) is 5.73 Å². The Balaban J connectivity index is 2.97. The standard InChI is InChI=1S/C10H13FN2/c1-2-3-9(12)8-6-7(11)4-5-10(8)13/h2,4-6,9H,1,3,12-13H2. The lowest BCUT2D eigenvalue weighted by Crippen LogP contribution is -2.11. The molecule has 1 aromatic carbocycles. The van der Waals surface area contributed by atoms with Crippen molar-refractivity contribution in [3.8, 4) is 0 Å². The molecule has 70 valence electrons. The van der Waals surface area contributed by atoms with Crippen LogP contribution in [0.5, 0.6) is 0 Å². The van der Waals surface area contributed by atoms with Crippen LogP contribution in [0, 0.1) is 5.82 Å². The summed E-state index contributed by atoms with van der Waals surface area (Å²) in [6.45, 7) is 3.56. The van der Waals surface area contributed by atoms with Crippen LogP contribution in [0.1, 0.15) is 18.0 Å². The van der Waals surface area contributed by atoms with Gasteiger partial charge in [0.25, 0.3) is 0 Å². The molecule has 1 aromatic rings. The summed E-state index contributed by atoms with van der Waals surface area (Å²) in [6.07, 6.45) is 2.28. The third-order valence-corrected chi connectivity index (χ3v) is 1.87. The van der Waals surface area contributed by atoms with Gasteiger partial charge in [0.1, 0.15) is 5.82 Å². The molecule has 0 aliphatic heterocycles. The summed E-state index contributed by atoms with van der Waals surface area (Å²) in [5, 5.41) is 0. The molecule has 0 saturated carbocycles. The predicted octanol–water partition coefficient (Wildman–Crippen LogP) is 1.98. The van der Waals surface area contributed by atoms with Crippen molar-refractivity contribution in [2.24, 2.45) is 5.73 Å². The second-order valence-electron chi connectivity index (χ2n) is 2.90. The van der Waals surface area contributed by atoms with E-state index in [0.717, 1.165) is 0 Å². The van der Waals surface area contributed by atoms with Crippen LogP contribution in [-0.2, 0) is 0 Å². The minimum absolute atomic E-state index is 0.270. The molecule has 1 atom stereocenters. The summed E-state index contributed by atoms with van der Waals surface area (Å²) in [5.41, 5.74) is 12.6. The third kappa shape index (κ3) is 2.29. The molecule has 0 spiro atoms. The number of hydrogen-bond acceptors (Lipinski definition) is 2. The summed E-state index contributed by atoms with van der Waals surface area (Å²) in [4.78, 5) is 0. The summed E-state index contributed by atoms with van der Waals surface area (Å²) >= 11 is 0. The van der Waals surface area contributed by atoms with Crippen LogP contribution in [0.2, 0.25) is 0 Å². The minimum atomic E-state index is -0.316. The molecule has 0 heterocycles. The number of anilines is 1. The maximum Gasteiger partial charge on any atom is 0.123 e. The molecule has 2 nitrogen and oxygen atoms in total. The zero-order chi connectivity index (χ0) is 9.84. The topological polar surface area (TPSA) is 52.0 Å². The number of hydrogen-bond donors (Lipinski definition) is 2. The zero-order valence-electron chi connectivity index (χ0n) is 7.33. The van der Waals surface area contributed by atoms with E-state index in [1.807, 2.05) is 0 Å². The van der Waals surface area contributed by atoms with Gasteiger partial charge in [0.05, 0.1) is 0 Å². The molecule has 0 amide bonds. The van der Waals surface area contributed by atoms with Gasteiger partial charge in [-0.2, -0.15) is 0 Å². The van der Waals surface area contributed by atoms with Crippen molar-refractivity contribution < 1.29 is 4.39 Å². The van der Waals surface area contributed by atoms with Crippen LogP contribution < -0.4 is 11.5 Å². The Morgan fingerprint density at radius 2 is 2.23 bits per heavy atom. The highest BCUT2D eigenvalue weighted by Gasteiger charge is 2.08. The number of rotatable bonds is 3. The van der Waals surface area contributed by atoms with E-state index in [9.17, 15) is 4.39 Å². The summed E-state index contributed by atoms with van der Waals surface area (Å²) in [6, 6.07) is 3.93. The Hall–Kier alpha value is -1.35. The minimum Gasteiger partial charge on any atom is -0.398 e. The Morgan fingerprint density at radius 3 is 2.85 bits per heavy atom. The van der Waals surface area contributed by atoms with Crippen molar-refractivity contribution in [3.05, 3.63) is 42.2 Å². The lowest BCUT2D eigenvalue weighted by Gasteiger charge is -2.12. The Morgan fingerprint density at radius 1 is 1.54 bits per heavy atom. The molecule has 0 radical (unpaired) electrons. The Bertz CT molecular complexity index is 310. The molecule has 1 unspecified atom stereocenters. The van der Waals surface area contributed by atoms with Gasteiger partial charge < -0.3 is 11.5 Å². The fourth-order valence-electron chi connectivity index (χ4n) is 1.17. The van der Waals surface area contributed by atoms with E-state index in [1.54, 1.807) is 6.08 Å². The normalized spacial score (nSPS) is 12.5. The van der Waals surface area contributed by atoms with Crippen LogP contribution >= 0.6 is 0 Å². The first-order valence-electron chi connectivity index (χ1n) is 4.06. The quantitative estimate of drug-likeness (QED) is 0.552. The van der Waals surface area contributed by atoms with Gasteiger partial charge in [-0.05, 0) is 30.2 Å². The van der Waals surface area contributed by atoms with E-state index >= 15 is 0 Å². The number of nitrogen functional groups attached to an aromatic ring is 1. The van der Waals surface area contributed by atoms with Crippen molar-refractivity contribution in [3.63, 3.8) is 0 Å². The van der Waals surface area contributed by atoms with Gasteiger partial charge >= 0.3 is 0 Å². The van der Waals surface area contributed by atoms with Crippen LogP contribution in [0.25, 0.3) is 0 Å². The fraction of sp³-hybridized carbons (Fsp3) is 0.200. The van der Waals surface area contributed by atoms with Gasteiger partial charge in [0.2, 0.25) is 0 Å². The van der Waals surface area contributed by atoms with Crippen molar-refractivity contribution in [1.29, 1.82) is 0 Å². The molecule has 1 rings (SSSR count). The predicted molar refractivity (Wildman–Crippen MR) is 52.6 cm³/mol. The first-order valence-corrected chi connectivity index (χ1v) is 4.06. The lowest BCUT2D eigenvalue weighted by molar-refractivity contribution is 0.620. The van der Waals surface area contributed by atoms with Crippen molar-refractivity contribution >= 4 is 5.69 Å². The molecule has 0 fully saturated rings. The number of halogens is 1. The first-order chi connectivity index (χ1) is 6.15. The summed E-state index contributed by atoms with van der Waals surface area (Å²) < 4.78 is 12.8. The second kappa shape index (κ2) is 4.05. The summed E-state index contributed by atoms with van der Waals surface area (Å²) in [7, 11) is 0. The van der Waals surface area contributed by atoms with Gasteiger partial charge in [-0.15, -0.1) is 6.58 Å². The monoisotopic (exact) mass is 180 g/mol. The molecular weight excluding hydrogens is 167 g/mol. The maximum absolute atomic E-state index is 12.8. The lowest BCUT2D eigenvalue weighted by atomic mass is 10.0. The first kappa shape index (κ1) is 9.74. The fourth-order valence-corrected chi connectivity index (χ4v) is 1.17. The van der Waals surface area contributed by atoms with Gasteiger partial charge in [-0.1, -0.05) is 6.08 Å². The average molecular weight is 180 g/mol. The van der Waals surface area contributed by atoms with E-state index < -0.39 is 0 Å². The molecule has 0 aromatic heterocycles. The van der Waals surface area contributed by atoms with E-state index in [4.69, 9.17) is 11.5 Å². The van der Waals surface area contributed by atoms with Crippen molar-refractivity contribution in [2.45, 2.75) is 12.5 Å². The van der Waals surface area contributed by atoms with E-state index in [-0.39, 0.29) is 11.9 Å². The highest BCUT2D eigenvalue weighted by atomic mass is 19.1. The molecule has 0 saturated heterocycles. The van der Waals surface area contributed by atoms with Crippen molar-refractivity contribution in [1.82, 2.24) is 0 Å². The average Bonchev–Trinajstić information content (AvgIpc) is 2.09. The SMILES string of the molecule is C=CCC(N)c1cc(F)ccc1N. The number of nitrogens with two attached hydrogens (primary N) is 2. The third-order valence-electron chi connectivity index (χ3n) is 1.87. The molecular formula is C10H13FN2. The van der Waals surface area contributed by atoms with Gasteiger partial charge in [0.15, 0.2) is 0 Å². The van der Waals surface area contributed by atoms with Crippen LogP contribution in [-0.4, -0.2) is 0 Å². The highest BCUT2D eigenvalue weighted by molar-refractivity contribution is 5.48.